The molecule has 1 aliphatic rings. The molecule has 29 heavy (non-hydrogen) atoms. The van der Waals surface area contributed by atoms with Gasteiger partial charge in [0.2, 0.25) is 0 Å². The Morgan fingerprint density at radius 1 is 1.14 bits per heavy atom. The molecule has 0 bridgehead atoms. The number of morpholine rings is 1. The van der Waals surface area contributed by atoms with Gasteiger partial charge >= 0.3 is 0 Å². The molecule has 0 aliphatic carbocycles. The van der Waals surface area contributed by atoms with Crippen LogP contribution in [0.15, 0.2) is 48.5 Å². The lowest BCUT2D eigenvalue weighted by atomic mass is 10.1. The Hall–Kier alpha value is -2.02. The summed E-state index contributed by atoms with van der Waals surface area (Å²) in [7, 11) is 0. The highest BCUT2D eigenvalue weighted by molar-refractivity contribution is 7.98. The number of nitrogens with one attached hydrogen (secondary N) is 1. The molecule has 156 valence electrons. The third-order valence-electron chi connectivity index (χ3n) is 4.82. The van der Waals surface area contributed by atoms with Crippen LogP contribution in [0.1, 0.15) is 28.4 Å². The number of carbonyl (C=O) groups excluding carboxylic acids is 1. The van der Waals surface area contributed by atoms with Crippen molar-refractivity contribution in [1.82, 2.24) is 10.2 Å². The van der Waals surface area contributed by atoms with Crippen molar-refractivity contribution in [1.29, 1.82) is 0 Å². The van der Waals surface area contributed by atoms with Crippen molar-refractivity contribution in [3.8, 4) is 5.75 Å². The van der Waals surface area contributed by atoms with Crippen molar-refractivity contribution in [2.75, 3.05) is 45.2 Å². The predicted molar refractivity (Wildman–Crippen MR) is 119 cm³/mol. The van der Waals surface area contributed by atoms with E-state index in [2.05, 4.69) is 17.1 Å². The molecule has 5 nitrogen and oxygen atoms in total. The SMILES string of the molecule is CCSCc1ccc(C(=O)NCc2cccc(OCCN3CCOCC3)c2)cc1. The number of rotatable bonds is 10. The van der Waals surface area contributed by atoms with Crippen molar-refractivity contribution >= 4 is 17.7 Å². The molecule has 0 spiro atoms. The number of hydrogen-bond acceptors (Lipinski definition) is 5. The van der Waals surface area contributed by atoms with Crippen LogP contribution in [0.4, 0.5) is 0 Å². The summed E-state index contributed by atoms with van der Waals surface area (Å²) in [5, 5.41) is 2.99. The maximum absolute atomic E-state index is 12.4. The van der Waals surface area contributed by atoms with E-state index < -0.39 is 0 Å². The van der Waals surface area contributed by atoms with Crippen molar-refractivity contribution in [2.45, 2.75) is 19.2 Å². The van der Waals surface area contributed by atoms with Crippen LogP contribution in [-0.2, 0) is 17.0 Å². The normalized spacial score (nSPS) is 14.5. The van der Waals surface area contributed by atoms with Crippen LogP contribution in [0.2, 0.25) is 0 Å². The van der Waals surface area contributed by atoms with Crippen LogP contribution < -0.4 is 10.1 Å². The molecule has 0 aromatic heterocycles. The van der Waals surface area contributed by atoms with Crippen LogP contribution >= 0.6 is 11.8 Å². The fourth-order valence-corrected chi connectivity index (χ4v) is 3.75. The lowest BCUT2D eigenvalue weighted by Crippen LogP contribution is -2.38. The predicted octanol–water partition coefficient (Wildman–Crippen LogP) is 3.58. The molecule has 2 aromatic rings. The van der Waals surface area contributed by atoms with Gasteiger partial charge in [0, 0.05) is 37.5 Å². The quantitative estimate of drug-likeness (QED) is 0.644. The van der Waals surface area contributed by atoms with E-state index in [1.54, 1.807) is 0 Å². The summed E-state index contributed by atoms with van der Waals surface area (Å²) in [6.45, 7) is 7.71. The van der Waals surface area contributed by atoms with E-state index in [0.29, 0.717) is 18.7 Å². The van der Waals surface area contributed by atoms with E-state index in [0.717, 1.165) is 55.7 Å². The number of thioether (sulfide) groups is 1. The second-order valence-corrected chi connectivity index (χ2v) is 8.24. The minimum atomic E-state index is -0.0571. The largest absolute Gasteiger partial charge is 0.492 e. The number of amides is 1. The van der Waals surface area contributed by atoms with Gasteiger partial charge in [0.15, 0.2) is 0 Å². The first-order valence-corrected chi connectivity index (χ1v) is 11.4. The van der Waals surface area contributed by atoms with Gasteiger partial charge in [-0.15, -0.1) is 0 Å². The standard InChI is InChI=1S/C23H30N2O3S/c1-2-29-18-19-6-8-21(9-7-19)23(26)24-17-20-4-3-5-22(16-20)28-15-12-25-10-13-27-14-11-25/h3-9,16H,2,10-15,17-18H2,1H3,(H,24,26). The van der Waals surface area contributed by atoms with Gasteiger partial charge < -0.3 is 14.8 Å². The minimum Gasteiger partial charge on any atom is -0.492 e. The molecular weight excluding hydrogens is 384 g/mol. The summed E-state index contributed by atoms with van der Waals surface area (Å²) >= 11 is 1.88. The van der Waals surface area contributed by atoms with Crippen molar-refractivity contribution in [3.63, 3.8) is 0 Å². The minimum absolute atomic E-state index is 0.0571. The molecule has 6 heteroatoms. The van der Waals surface area contributed by atoms with E-state index in [9.17, 15) is 4.79 Å². The van der Waals surface area contributed by atoms with Crippen molar-refractivity contribution in [2.24, 2.45) is 0 Å². The second kappa shape index (κ2) is 11.9. The monoisotopic (exact) mass is 414 g/mol. The lowest BCUT2D eigenvalue weighted by molar-refractivity contribution is 0.0322. The van der Waals surface area contributed by atoms with E-state index in [1.807, 2.05) is 60.3 Å². The first kappa shape index (κ1) is 21.7. The average Bonchev–Trinajstić information content (AvgIpc) is 2.77. The van der Waals surface area contributed by atoms with Crippen molar-refractivity contribution < 1.29 is 14.3 Å². The smallest absolute Gasteiger partial charge is 0.251 e. The number of benzene rings is 2. The van der Waals surface area contributed by atoms with Crippen LogP contribution in [0, 0.1) is 0 Å². The molecule has 1 N–H and O–H groups in total. The van der Waals surface area contributed by atoms with Gasteiger partial charge in [0.25, 0.3) is 5.91 Å². The molecule has 0 unspecified atom stereocenters. The Morgan fingerprint density at radius 3 is 2.69 bits per heavy atom. The third-order valence-corrected chi connectivity index (χ3v) is 5.77. The molecular formula is C23H30N2O3S. The van der Waals surface area contributed by atoms with E-state index in [4.69, 9.17) is 9.47 Å². The zero-order chi connectivity index (χ0) is 20.3. The van der Waals surface area contributed by atoms with Crippen LogP contribution in [-0.4, -0.2) is 56.0 Å². The fourth-order valence-electron chi connectivity index (χ4n) is 3.12. The van der Waals surface area contributed by atoms with E-state index in [1.165, 1.54) is 5.56 Å². The molecule has 0 saturated carbocycles. The highest BCUT2D eigenvalue weighted by Gasteiger charge is 2.10. The van der Waals surface area contributed by atoms with Crippen molar-refractivity contribution in [3.05, 3.63) is 65.2 Å². The summed E-state index contributed by atoms with van der Waals surface area (Å²) in [5.41, 5.74) is 2.96. The lowest BCUT2D eigenvalue weighted by Gasteiger charge is -2.26. The highest BCUT2D eigenvalue weighted by Crippen LogP contribution is 2.15. The molecule has 3 rings (SSSR count). The van der Waals surface area contributed by atoms with E-state index >= 15 is 0 Å². The zero-order valence-electron chi connectivity index (χ0n) is 17.1. The molecule has 2 aromatic carbocycles. The Kier molecular flexibility index (Phi) is 8.86. The van der Waals surface area contributed by atoms with Gasteiger partial charge in [-0.05, 0) is 41.1 Å². The maximum Gasteiger partial charge on any atom is 0.251 e. The molecule has 0 radical (unpaired) electrons. The third kappa shape index (κ3) is 7.38. The van der Waals surface area contributed by atoms with Gasteiger partial charge in [-0.1, -0.05) is 31.2 Å². The van der Waals surface area contributed by atoms with E-state index in [-0.39, 0.29) is 5.91 Å². The number of nitrogens with zero attached hydrogens (tertiary/aromatic N) is 1. The van der Waals surface area contributed by atoms with Crippen LogP contribution in [0.25, 0.3) is 0 Å². The maximum atomic E-state index is 12.4. The van der Waals surface area contributed by atoms with Gasteiger partial charge in [0.05, 0.1) is 13.2 Å². The Morgan fingerprint density at radius 2 is 1.93 bits per heavy atom. The first-order chi connectivity index (χ1) is 14.2. The van der Waals surface area contributed by atoms with Gasteiger partial charge in [-0.3, -0.25) is 9.69 Å². The molecule has 1 aliphatic heterocycles. The van der Waals surface area contributed by atoms with Gasteiger partial charge in [-0.25, -0.2) is 0 Å². The summed E-state index contributed by atoms with van der Waals surface area (Å²) in [4.78, 5) is 14.8. The Labute approximate surface area is 177 Å². The Bertz CT molecular complexity index is 761. The molecule has 1 saturated heterocycles. The second-order valence-electron chi connectivity index (χ2n) is 6.97. The summed E-state index contributed by atoms with van der Waals surface area (Å²) in [6, 6.07) is 15.8. The Balaban J connectivity index is 1.43. The first-order valence-electron chi connectivity index (χ1n) is 10.2. The molecule has 1 fully saturated rings. The number of hydrogen-bond donors (Lipinski definition) is 1. The summed E-state index contributed by atoms with van der Waals surface area (Å²) in [6.07, 6.45) is 0. The average molecular weight is 415 g/mol. The van der Waals surface area contributed by atoms with Gasteiger partial charge in [-0.2, -0.15) is 11.8 Å². The highest BCUT2D eigenvalue weighted by atomic mass is 32.2. The molecule has 1 heterocycles. The summed E-state index contributed by atoms with van der Waals surface area (Å²) in [5.74, 6) is 2.86. The summed E-state index contributed by atoms with van der Waals surface area (Å²) < 4.78 is 11.3. The number of carbonyl (C=O) groups is 1. The van der Waals surface area contributed by atoms with Crippen LogP contribution in [0.5, 0.6) is 5.75 Å². The van der Waals surface area contributed by atoms with Crippen LogP contribution in [0.3, 0.4) is 0 Å². The fraction of sp³-hybridized carbons (Fsp3) is 0.435. The molecule has 0 atom stereocenters. The molecule has 1 amide bonds. The number of ether oxygens (including phenoxy) is 2. The zero-order valence-corrected chi connectivity index (χ0v) is 17.9. The van der Waals surface area contributed by atoms with Gasteiger partial charge in [0.1, 0.15) is 12.4 Å². The topological polar surface area (TPSA) is 50.8 Å².